The number of carbonyl (C=O) groups is 3. The topological polar surface area (TPSA) is 137 Å². The van der Waals surface area contributed by atoms with Gasteiger partial charge >= 0.3 is 5.97 Å². The van der Waals surface area contributed by atoms with Crippen LogP contribution in [-0.4, -0.2) is 77.0 Å². The van der Waals surface area contributed by atoms with Gasteiger partial charge in [0.15, 0.2) is 0 Å². The highest BCUT2D eigenvalue weighted by atomic mass is 16.5. The van der Waals surface area contributed by atoms with Crippen molar-refractivity contribution in [3.63, 3.8) is 0 Å². The van der Waals surface area contributed by atoms with Crippen molar-refractivity contribution in [3.05, 3.63) is 47.3 Å². The molecule has 0 saturated carbocycles. The number of carboxylic acids is 1. The van der Waals surface area contributed by atoms with Crippen LogP contribution in [0, 0.1) is 0 Å². The number of hydrogen-bond acceptors (Lipinski definition) is 7. The lowest BCUT2D eigenvalue weighted by Gasteiger charge is -2.19. The Balaban J connectivity index is 1.56. The van der Waals surface area contributed by atoms with E-state index in [0.717, 1.165) is 5.56 Å². The Bertz CT molecular complexity index is 1260. The molecule has 1 atom stereocenters. The molecule has 11 nitrogen and oxygen atoms in total. The van der Waals surface area contributed by atoms with Crippen LogP contribution in [0.1, 0.15) is 28.2 Å². The van der Waals surface area contributed by atoms with Crippen molar-refractivity contribution < 1.29 is 29.0 Å². The van der Waals surface area contributed by atoms with Crippen LogP contribution in [0.5, 0.6) is 11.5 Å². The van der Waals surface area contributed by atoms with E-state index in [1.807, 2.05) is 0 Å². The lowest BCUT2D eigenvalue weighted by molar-refractivity contribution is -0.141. The number of rotatable bonds is 7. The van der Waals surface area contributed by atoms with Crippen molar-refractivity contribution in [1.29, 1.82) is 0 Å². The Hall–Kier alpha value is -4.28. The fourth-order valence-corrected chi connectivity index (χ4v) is 4.18. The molecule has 11 heteroatoms. The van der Waals surface area contributed by atoms with Crippen LogP contribution in [-0.2, 0) is 22.7 Å². The van der Waals surface area contributed by atoms with Crippen LogP contribution in [0.25, 0.3) is 11.0 Å². The Morgan fingerprint density at radius 1 is 1.20 bits per heavy atom. The molecule has 1 aromatic heterocycles. The molecule has 0 aliphatic carbocycles. The summed E-state index contributed by atoms with van der Waals surface area (Å²) in [6.07, 6.45) is -0.334. The number of methoxy groups -OCH3 is 2. The molecule has 2 amide bonds. The first-order valence-corrected chi connectivity index (χ1v) is 10.9. The summed E-state index contributed by atoms with van der Waals surface area (Å²) in [5.41, 5.74) is 3.09. The number of benzene rings is 2. The standard InChI is InChI=1S/C24H27N5O6/c1-28-11-14-9-13(5-6-15(14)25-16(24(28)33)10-20(30)31)23(32)29(2)12-19-26-21-17(34-3)7-8-18(35-4)22(21)27-19/h5-9,16,25H,10-12H2,1-4H3,(H,26,27)(H,30,31)/t16-/m0/s1. The van der Waals surface area contributed by atoms with Gasteiger partial charge in [-0.15, -0.1) is 0 Å². The summed E-state index contributed by atoms with van der Waals surface area (Å²) in [6.45, 7) is 0.472. The van der Waals surface area contributed by atoms with Gasteiger partial charge in [-0.3, -0.25) is 14.4 Å². The van der Waals surface area contributed by atoms with E-state index < -0.39 is 12.0 Å². The van der Waals surface area contributed by atoms with Crippen LogP contribution in [0.15, 0.2) is 30.3 Å². The SMILES string of the molecule is COc1ccc(OC)c2[nH]c(CN(C)C(=O)c3ccc4c(c3)CN(C)C(=O)[C@H](CC(=O)O)N4)nc12. The predicted molar refractivity (Wildman–Crippen MR) is 128 cm³/mol. The van der Waals surface area contributed by atoms with E-state index in [1.54, 1.807) is 58.6 Å². The van der Waals surface area contributed by atoms with E-state index in [-0.39, 0.29) is 31.3 Å². The number of carboxylic acid groups (broad SMARTS) is 1. The molecule has 0 unspecified atom stereocenters. The monoisotopic (exact) mass is 481 g/mol. The highest BCUT2D eigenvalue weighted by Crippen LogP contribution is 2.31. The van der Waals surface area contributed by atoms with E-state index in [2.05, 4.69) is 15.3 Å². The zero-order valence-electron chi connectivity index (χ0n) is 19.9. The summed E-state index contributed by atoms with van der Waals surface area (Å²) < 4.78 is 10.8. The maximum absolute atomic E-state index is 13.2. The highest BCUT2D eigenvalue weighted by Gasteiger charge is 2.29. The second kappa shape index (κ2) is 9.53. The van der Waals surface area contributed by atoms with E-state index >= 15 is 0 Å². The number of hydrogen-bond donors (Lipinski definition) is 3. The van der Waals surface area contributed by atoms with Crippen LogP contribution in [0.4, 0.5) is 5.69 Å². The van der Waals surface area contributed by atoms with Gasteiger partial charge in [0, 0.05) is 31.9 Å². The zero-order chi connectivity index (χ0) is 25.3. The van der Waals surface area contributed by atoms with Crippen molar-refractivity contribution in [2.45, 2.75) is 25.6 Å². The Morgan fingerprint density at radius 3 is 2.60 bits per heavy atom. The number of H-pyrrole nitrogens is 1. The Labute approximate surface area is 201 Å². The first kappa shape index (κ1) is 23.9. The lowest BCUT2D eigenvalue weighted by Crippen LogP contribution is -2.39. The largest absolute Gasteiger partial charge is 0.494 e. The van der Waals surface area contributed by atoms with Crippen molar-refractivity contribution in [2.24, 2.45) is 0 Å². The first-order valence-electron chi connectivity index (χ1n) is 10.9. The number of carbonyl (C=O) groups excluding carboxylic acids is 2. The molecule has 3 N–H and O–H groups in total. The van der Waals surface area contributed by atoms with Gasteiger partial charge in [0.25, 0.3) is 5.91 Å². The number of aromatic amines is 1. The summed E-state index contributed by atoms with van der Waals surface area (Å²) >= 11 is 0. The number of anilines is 1. The van der Waals surface area contributed by atoms with Gasteiger partial charge in [0.05, 0.1) is 27.2 Å². The van der Waals surface area contributed by atoms with Gasteiger partial charge in [-0.1, -0.05) is 0 Å². The summed E-state index contributed by atoms with van der Waals surface area (Å²) in [7, 11) is 6.41. The average Bonchev–Trinajstić information content (AvgIpc) is 3.21. The second-order valence-corrected chi connectivity index (χ2v) is 8.40. The predicted octanol–water partition coefficient (Wildman–Crippen LogP) is 2.08. The van der Waals surface area contributed by atoms with Crippen LogP contribution in [0.3, 0.4) is 0 Å². The summed E-state index contributed by atoms with van der Waals surface area (Å²) in [6, 6.07) is 7.76. The van der Waals surface area contributed by atoms with Crippen LogP contribution < -0.4 is 14.8 Å². The van der Waals surface area contributed by atoms with Gasteiger partial charge in [-0.05, 0) is 35.9 Å². The zero-order valence-corrected chi connectivity index (χ0v) is 19.9. The third-order valence-electron chi connectivity index (χ3n) is 5.93. The minimum absolute atomic E-state index is 0.216. The van der Waals surface area contributed by atoms with E-state index in [9.17, 15) is 14.4 Å². The van der Waals surface area contributed by atoms with Gasteiger partial charge in [-0.2, -0.15) is 0 Å². The molecular weight excluding hydrogens is 454 g/mol. The molecule has 1 aliphatic rings. The number of fused-ring (bicyclic) bond motifs is 2. The molecule has 184 valence electrons. The molecule has 2 heterocycles. The van der Waals surface area contributed by atoms with E-state index in [4.69, 9.17) is 14.6 Å². The van der Waals surface area contributed by atoms with E-state index in [1.165, 1.54) is 9.80 Å². The highest BCUT2D eigenvalue weighted by molar-refractivity contribution is 5.96. The number of ether oxygens (including phenoxy) is 2. The van der Waals surface area contributed by atoms with Crippen LogP contribution in [0.2, 0.25) is 0 Å². The number of imidazole rings is 1. The van der Waals surface area contributed by atoms with E-state index in [0.29, 0.717) is 39.6 Å². The molecule has 0 fully saturated rings. The molecule has 0 saturated heterocycles. The summed E-state index contributed by atoms with van der Waals surface area (Å²) in [5, 5.41) is 12.1. The number of aromatic nitrogens is 2. The third-order valence-corrected chi connectivity index (χ3v) is 5.93. The van der Waals surface area contributed by atoms with Crippen molar-refractivity contribution in [1.82, 2.24) is 19.8 Å². The summed E-state index contributed by atoms with van der Waals surface area (Å²) in [5.74, 6) is 0.165. The maximum atomic E-state index is 13.2. The van der Waals surface area contributed by atoms with Crippen LogP contribution >= 0.6 is 0 Å². The number of amides is 2. The minimum Gasteiger partial charge on any atom is -0.494 e. The Kier molecular flexibility index (Phi) is 6.50. The summed E-state index contributed by atoms with van der Waals surface area (Å²) in [4.78, 5) is 47.7. The molecule has 3 aromatic rings. The molecular formula is C24H27N5O6. The number of likely N-dealkylation sites (N-methyl/N-ethyl adjacent to an activating group) is 1. The maximum Gasteiger partial charge on any atom is 0.305 e. The quantitative estimate of drug-likeness (QED) is 0.467. The van der Waals surface area contributed by atoms with Gasteiger partial charge in [0.2, 0.25) is 5.91 Å². The van der Waals surface area contributed by atoms with Gasteiger partial charge in [0.1, 0.15) is 34.4 Å². The van der Waals surface area contributed by atoms with Crippen molar-refractivity contribution >= 4 is 34.5 Å². The molecule has 1 aliphatic heterocycles. The Morgan fingerprint density at radius 2 is 1.91 bits per heavy atom. The third kappa shape index (κ3) is 4.70. The average molecular weight is 482 g/mol. The molecule has 2 aromatic carbocycles. The van der Waals surface area contributed by atoms with Gasteiger partial charge in [-0.25, -0.2) is 4.98 Å². The van der Waals surface area contributed by atoms with Gasteiger partial charge < -0.3 is 34.7 Å². The molecule has 35 heavy (non-hydrogen) atoms. The first-order chi connectivity index (χ1) is 16.7. The molecule has 0 bridgehead atoms. The minimum atomic E-state index is -1.07. The number of nitrogens with zero attached hydrogens (tertiary/aromatic N) is 3. The second-order valence-electron chi connectivity index (χ2n) is 8.40. The molecule has 4 rings (SSSR count). The number of aliphatic carboxylic acids is 1. The fraction of sp³-hybridized carbons (Fsp3) is 0.333. The smallest absolute Gasteiger partial charge is 0.305 e. The number of nitrogens with one attached hydrogen (secondary N) is 2. The molecule has 0 radical (unpaired) electrons. The lowest BCUT2D eigenvalue weighted by atomic mass is 10.1. The normalized spacial score (nSPS) is 15.3. The molecule has 0 spiro atoms. The van der Waals surface area contributed by atoms with Crippen molar-refractivity contribution in [3.8, 4) is 11.5 Å². The fourth-order valence-electron chi connectivity index (χ4n) is 4.18. The van der Waals surface area contributed by atoms with Crippen molar-refractivity contribution in [2.75, 3.05) is 33.6 Å².